The Kier molecular flexibility index (Phi) is 7.56. The van der Waals surface area contributed by atoms with Gasteiger partial charge in [0.25, 0.3) is 0 Å². The first-order valence-corrected chi connectivity index (χ1v) is 9.68. The zero-order valence-electron chi connectivity index (χ0n) is 16.9. The molecule has 0 radical (unpaired) electrons. The number of carbonyl (C=O) groups is 1. The summed E-state index contributed by atoms with van der Waals surface area (Å²) < 4.78 is 15.7. The Morgan fingerprint density at radius 1 is 0.655 bits per heavy atom. The number of methoxy groups -OCH3 is 2. The van der Waals surface area contributed by atoms with E-state index >= 15 is 0 Å². The van der Waals surface area contributed by atoms with Gasteiger partial charge in [-0.25, -0.2) is 4.79 Å². The number of hydrogen-bond donors (Lipinski definition) is 0. The first-order chi connectivity index (χ1) is 14.2. The molecule has 29 heavy (non-hydrogen) atoms. The summed E-state index contributed by atoms with van der Waals surface area (Å²) in [6, 6.07) is 23.4. The highest BCUT2D eigenvalue weighted by Crippen LogP contribution is 2.23. The third-order valence-corrected chi connectivity index (χ3v) is 4.73. The monoisotopic (exact) mass is 390 g/mol. The molecule has 3 aromatic rings. The highest BCUT2D eigenvalue weighted by Gasteiger charge is 2.09. The van der Waals surface area contributed by atoms with Crippen molar-refractivity contribution in [2.45, 2.75) is 12.8 Å². The second kappa shape index (κ2) is 10.6. The van der Waals surface area contributed by atoms with Crippen LogP contribution in [0, 0.1) is 0 Å². The summed E-state index contributed by atoms with van der Waals surface area (Å²) in [4.78, 5) is 12.4. The second-order valence-corrected chi connectivity index (χ2v) is 6.79. The number of rotatable bonds is 9. The fraction of sp³-hybridized carbons (Fsp3) is 0.240. The van der Waals surface area contributed by atoms with Crippen molar-refractivity contribution in [1.29, 1.82) is 0 Å². The average Bonchev–Trinajstić information content (AvgIpc) is 2.77. The van der Waals surface area contributed by atoms with Crippen LogP contribution in [-0.4, -0.2) is 33.4 Å². The molecule has 4 heteroatoms. The number of carbonyl (C=O) groups excluding carboxylic acids is 1. The molecule has 3 rings (SSSR count). The van der Waals surface area contributed by atoms with E-state index in [9.17, 15) is 4.79 Å². The molecule has 3 aromatic carbocycles. The van der Waals surface area contributed by atoms with Crippen molar-refractivity contribution < 1.29 is 19.0 Å². The molecule has 0 aliphatic heterocycles. The van der Waals surface area contributed by atoms with Gasteiger partial charge in [0.05, 0.1) is 18.8 Å². The van der Waals surface area contributed by atoms with Crippen molar-refractivity contribution in [2.24, 2.45) is 0 Å². The maximum absolute atomic E-state index is 12.4. The van der Waals surface area contributed by atoms with E-state index in [1.54, 1.807) is 26.4 Å². The third-order valence-electron chi connectivity index (χ3n) is 4.73. The Balaban J connectivity index is 1.60. The molecule has 0 saturated carbocycles. The topological polar surface area (TPSA) is 44.8 Å². The number of benzene rings is 3. The molecule has 0 aromatic heterocycles. The van der Waals surface area contributed by atoms with Gasteiger partial charge < -0.3 is 14.2 Å². The smallest absolute Gasteiger partial charge is 0.343 e. The zero-order valence-corrected chi connectivity index (χ0v) is 16.9. The van der Waals surface area contributed by atoms with Crippen LogP contribution in [-0.2, 0) is 22.3 Å². The van der Waals surface area contributed by atoms with E-state index in [2.05, 4.69) is 24.3 Å². The lowest BCUT2D eigenvalue weighted by molar-refractivity contribution is 0.0735. The number of esters is 1. The van der Waals surface area contributed by atoms with E-state index in [0.29, 0.717) is 17.9 Å². The molecule has 0 fully saturated rings. The van der Waals surface area contributed by atoms with Crippen LogP contribution in [0.1, 0.15) is 21.5 Å². The Morgan fingerprint density at radius 3 is 1.59 bits per heavy atom. The zero-order chi connectivity index (χ0) is 20.5. The molecular weight excluding hydrogens is 364 g/mol. The van der Waals surface area contributed by atoms with Crippen LogP contribution in [0.15, 0.2) is 72.8 Å². The van der Waals surface area contributed by atoms with Crippen LogP contribution in [0.25, 0.3) is 11.1 Å². The van der Waals surface area contributed by atoms with E-state index in [0.717, 1.165) is 36.1 Å². The predicted molar refractivity (Wildman–Crippen MR) is 114 cm³/mol. The third kappa shape index (κ3) is 6.01. The molecule has 0 aliphatic rings. The lowest BCUT2D eigenvalue weighted by atomic mass is 10.0. The summed E-state index contributed by atoms with van der Waals surface area (Å²) >= 11 is 0. The van der Waals surface area contributed by atoms with Crippen molar-refractivity contribution >= 4 is 5.97 Å². The molecular formula is C25H26O4. The molecule has 150 valence electrons. The number of ether oxygens (including phenoxy) is 3. The van der Waals surface area contributed by atoms with Crippen molar-refractivity contribution in [1.82, 2.24) is 0 Å². The van der Waals surface area contributed by atoms with Gasteiger partial charge in [0.2, 0.25) is 0 Å². The van der Waals surface area contributed by atoms with Crippen LogP contribution < -0.4 is 4.74 Å². The minimum Gasteiger partial charge on any atom is -0.423 e. The van der Waals surface area contributed by atoms with Gasteiger partial charge in [0, 0.05) is 14.2 Å². The summed E-state index contributed by atoms with van der Waals surface area (Å²) in [5.41, 5.74) is 5.10. The summed E-state index contributed by atoms with van der Waals surface area (Å²) in [5, 5.41) is 0. The molecule has 0 saturated heterocycles. The van der Waals surface area contributed by atoms with Gasteiger partial charge in [0.1, 0.15) is 5.75 Å². The Hall–Kier alpha value is -2.95. The fourth-order valence-electron chi connectivity index (χ4n) is 2.99. The SMILES string of the molecule is COCCc1ccc(C(=O)Oc2ccc(-c3ccc(CCOC)cc3)cc2)cc1. The Bertz CT molecular complexity index is 897. The first kappa shape index (κ1) is 20.8. The van der Waals surface area contributed by atoms with E-state index in [1.165, 1.54) is 5.56 Å². The number of hydrogen-bond acceptors (Lipinski definition) is 4. The maximum atomic E-state index is 12.4. The minimum atomic E-state index is -0.362. The van der Waals surface area contributed by atoms with Gasteiger partial charge in [-0.1, -0.05) is 48.5 Å². The van der Waals surface area contributed by atoms with Crippen LogP contribution in [0.3, 0.4) is 0 Å². The quantitative estimate of drug-likeness (QED) is 0.383. The molecule has 0 amide bonds. The van der Waals surface area contributed by atoms with Gasteiger partial charge in [-0.15, -0.1) is 0 Å². The van der Waals surface area contributed by atoms with Crippen molar-refractivity contribution in [3.63, 3.8) is 0 Å². The van der Waals surface area contributed by atoms with E-state index < -0.39 is 0 Å². The van der Waals surface area contributed by atoms with E-state index in [1.807, 2.05) is 36.4 Å². The highest BCUT2D eigenvalue weighted by molar-refractivity contribution is 5.91. The highest BCUT2D eigenvalue weighted by atomic mass is 16.5. The Morgan fingerprint density at radius 2 is 1.10 bits per heavy atom. The van der Waals surface area contributed by atoms with Crippen LogP contribution >= 0.6 is 0 Å². The lowest BCUT2D eigenvalue weighted by Crippen LogP contribution is -2.08. The van der Waals surface area contributed by atoms with Crippen molar-refractivity contribution in [3.8, 4) is 16.9 Å². The molecule has 0 spiro atoms. The molecule has 0 aliphatic carbocycles. The average molecular weight is 390 g/mol. The molecule has 0 atom stereocenters. The summed E-state index contributed by atoms with van der Waals surface area (Å²) in [6.45, 7) is 1.38. The maximum Gasteiger partial charge on any atom is 0.343 e. The largest absolute Gasteiger partial charge is 0.423 e. The van der Waals surface area contributed by atoms with E-state index in [4.69, 9.17) is 14.2 Å². The summed E-state index contributed by atoms with van der Waals surface area (Å²) in [5.74, 6) is 0.164. The molecule has 0 bridgehead atoms. The van der Waals surface area contributed by atoms with Gasteiger partial charge in [0.15, 0.2) is 0 Å². The minimum absolute atomic E-state index is 0.362. The Labute approximate surface area is 172 Å². The van der Waals surface area contributed by atoms with E-state index in [-0.39, 0.29) is 5.97 Å². The van der Waals surface area contributed by atoms with Crippen LogP contribution in [0.5, 0.6) is 5.75 Å². The second-order valence-electron chi connectivity index (χ2n) is 6.79. The normalized spacial score (nSPS) is 10.7. The molecule has 4 nitrogen and oxygen atoms in total. The summed E-state index contributed by atoms with van der Waals surface area (Å²) in [6.07, 6.45) is 1.72. The summed E-state index contributed by atoms with van der Waals surface area (Å²) in [7, 11) is 3.38. The van der Waals surface area contributed by atoms with Gasteiger partial charge >= 0.3 is 5.97 Å². The van der Waals surface area contributed by atoms with Gasteiger partial charge in [-0.3, -0.25) is 0 Å². The molecule has 0 heterocycles. The molecule has 0 unspecified atom stereocenters. The fourth-order valence-corrected chi connectivity index (χ4v) is 2.99. The van der Waals surface area contributed by atoms with Crippen molar-refractivity contribution in [3.05, 3.63) is 89.5 Å². The van der Waals surface area contributed by atoms with Crippen LogP contribution in [0.4, 0.5) is 0 Å². The van der Waals surface area contributed by atoms with Gasteiger partial charge in [-0.2, -0.15) is 0 Å². The van der Waals surface area contributed by atoms with Crippen LogP contribution in [0.2, 0.25) is 0 Å². The van der Waals surface area contributed by atoms with Gasteiger partial charge in [-0.05, 0) is 59.4 Å². The predicted octanol–water partition coefficient (Wildman–Crippen LogP) is 4.95. The van der Waals surface area contributed by atoms with Crippen molar-refractivity contribution in [2.75, 3.05) is 27.4 Å². The lowest BCUT2D eigenvalue weighted by Gasteiger charge is -2.08. The molecule has 0 N–H and O–H groups in total. The standard InChI is InChI=1S/C25H26O4/c1-27-17-15-19-3-7-21(8-4-19)22-11-13-24(14-12-22)29-25(26)23-9-5-20(6-10-23)16-18-28-2/h3-14H,15-18H2,1-2H3. The first-order valence-electron chi connectivity index (χ1n) is 9.68.